The van der Waals surface area contributed by atoms with Gasteiger partial charge in [0.1, 0.15) is 5.82 Å². The average Bonchev–Trinajstić information content (AvgIpc) is 2.87. The van der Waals surface area contributed by atoms with E-state index in [0.717, 1.165) is 18.5 Å². The van der Waals surface area contributed by atoms with E-state index >= 15 is 0 Å². The molecule has 0 bridgehead atoms. The van der Waals surface area contributed by atoms with Crippen LogP contribution >= 0.6 is 0 Å². The summed E-state index contributed by atoms with van der Waals surface area (Å²) < 4.78 is 15.0. The van der Waals surface area contributed by atoms with Crippen molar-refractivity contribution < 1.29 is 4.39 Å². The second-order valence-corrected chi connectivity index (χ2v) is 5.47. The van der Waals surface area contributed by atoms with Gasteiger partial charge in [0.15, 0.2) is 0 Å². The van der Waals surface area contributed by atoms with Crippen molar-refractivity contribution in [2.75, 3.05) is 6.54 Å². The number of halogens is 1. The van der Waals surface area contributed by atoms with Crippen LogP contribution in [-0.2, 0) is 13.0 Å². The number of nitrogens with two attached hydrogens (primary N) is 1. The Bertz CT molecular complexity index is 531. The molecular formula is C16H22FN3. The number of hydrogen-bond donors (Lipinski definition) is 1. The van der Waals surface area contributed by atoms with Crippen molar-refractivity contribution in [2.45, 2.75) is 32.7 Å². The monoisotopic (exact) mass is 275 g/mol. The molecule has 4 heteroatoms. The third-order valence-corrected chi connectivity index (χ3v) is 3.74. The summed E-state index contributed by atoms with van der Waals surface area (Å²) in [5, 5.41) is 0. The van der Waals surface area contributed by atoms with Crippen molar-refractivity contribution in [3.8, 4) is 0 Å². The molecule has 3 nitrogen and oxygen atoms in total. The van der Waals surface area contributed by atoms with Gasteiger partial charge < -0.3 is 10.3 Å². The molecular weight excluding hydrogens is 253 g/mol. The van der Waals surface area contributed by atoms with Gasteiger partial charge in [-0.2, -0.15) is 0 Å². The molecule has 1 unspecified atom stereocenters. The molecule has 2 aromatic rings. The molecule has 1 aromatic heterocycles. The molecule has 1 atom stereocenters. The predicted octanol–water partition coefficient (Wildman–Crippen LogP) is 2.96. The van der Waals surface area contributed by atoms with Gasteiger partial charge in [-0.15, -0.1) is 0 Å². The van der Waals surface area contributed by atoms with E-state index in [1.807, 2.05) is 24.7 Å². The van der Waals surface area contributed by atoms with Gasteiger partial charge in [0.25, 0.3) is 0 Å². The first kappa shape index (κ1) is 14.7. The van der Waals surface area contributed by atoms with Gasteiger partial charge in [-0.3, -0.25) is 0 Å². The lowest BCUT2D eigenvalue weighted by molar-refractivity contribution is 0.471. The Hall–Kier alpha value is -1.68. The summed E-state index contributed by atoms with van der Waals surface area (Å²) in [5.74, 6) is 0.618. The van der Waals surface area contributed by atoms with Gasteiger partial charge in [0.05, 0.1) is 6.33 Å². The molecule has 0 aliphatic heterocycles. The molecule has 108 valence electrons. The Morgan fingerprint density at radius 3 is 2.55 bits per heavy atom. The lowest BCUT2D eigenvalue weighted by atomic mass is 9.93. The zero-order chi connectivity index (χ0) is 14.5. The molecule has 1 heterocycles. The number of hydrogen-bond acceptors (Lipinski definition) is 2. The quantitative estimate of drug-likeness (QED) is 0.881. The minimum atomic E-state index is -0.194. The second-order valence-electron chi connectivity index (χ2n) is 5.47. The third-order valence-electron chi connectivity index (χ3n) is 3.74. The SMILES string of the molecule is CC(C)C(CN)c1cncn1CCc1ccc(F)cc1. The Kier molecular flexibility index (Phi) is 4.90. The summed E-state index contributed by atoms with van der Waals surface area (Å²) in [6.07, 6.45) is 4.62. The normalized spacial score (nSPS) is 12.8. The Morgan fingerprint density at radius 2 is 1.95 bits per heavy atom. The van der Waals surface area contributed by atoms with E-state index < -0.39 is 0 Å². The van der Waals surface area contributed by atoms with Crippen LogP contribution in [0.2, 0.25) is 0 Å². The van der Waals surface area contributed by atoms with Gasteiger partial charge in [0, 0.05) is 30.9 Å². The summed E-state index contributed by atoms with van der Waals surface area (Å²) in [7, 11) is 0. The van der Waals surface area contributed by atoms with Crippen LogP contribution in [-0.4, -0.2) is 16.1 Å². The van der Waals surface area contributed by atoms with Crippen LogP contribution < -0.4 is 5.73 Å². The third kappa shape index (κ3) is 3.45. The molecule has 2 N–H and O–H groups in total. The fraction of sp³-hybridized carbons (Fsp3) is 0.438. The fourth-order valence-corrected chi connectivity index (χ4v) is 2.46. The average molecular weight is 275 g/mol. The second kappa shape index (κ2) is 6.66. The van der Waals surface area contributed by atoms with Gasteiger partial charge in [-0.05, 0) is 30.0 Å². The summed E-state index contributed by atoms with van der Waals surface area (Å²) in [4.78, 5) is 4.25. The standard InChI is InChI=1S/C16H22FN3/c1-12(2)15(9-18)16-10-19-11-20(16)8-7-13-3-5-14(17)6-4-13/h3-6,10-12,15H,7-9,18H2,1-2H3. The van der Waals surface area contributed by atoms with Gasteiger partial charge >= 0.3 is 0 Å². The Morgan fingerprint density at radius 1 is 1.25 bits per heavy atom. The molecule has 1 aromatic carbocycles. The minimum Gasteiger partial charge on any atom is -0.334 e. The Labute approximate surface area is 119 Å². The lowest BCUT2D eigenvalue weighted by Crippen LogP contribution is -2.21. The van der Waals surface area contributed by atoms with Crippen molar-refractivity contribution in [1.29, 1.82) is 0 Å². The number of aryl methyl sites for hydroxylation is 2. The van der Waals surface area contributed by atoms with Crippen LogP contribution in [0, 0.1) is 11.7 Å². The maximum Gasteiger partial charge on any atom is 0.123 e. The lowest BCUT2D eigenvalue weighted by Gasteiger charge is -2.20. The van der Waals surface area contributed by atoms with Crippen LogP contribution in [0.15, 0.2) is 36.8 Å². The van der Waals surface area contributed by atoms with E-state index in [1.54, 1.807) is 0 Å². The van der Waals surface area contributed by atoms with Crippen LogP contribution in [0.1, 0.15) is 31.0 Å². The van der Waals surface area contributed by atoms with Crippen molar-refractivity contribution >= 4 is 0 Å². The number of nitrogens with zero attached hydrogens (tertiary/aromatic N) is 2. The molecule has 0 saturated heterocycles. The van der Waals surface area contributed by atoms with Crippen LogP contribution in [0.5, 0.6) is 0 Å². The predicted molar refractivity (Wildman–Crippen MR) is 79.0 cm³/mol. The molecule has 0 aliphatic rings. The van der Waals surface area contributed by atoms with Crippen molar-refractivity contribution in [3.63, 3.8) is 0 Å². The summed E-state index contributed by atoms with van der Waals surface area (Å²) in [6.45, 7) is 5.81. The highest BCUT2D eigenvalue weighted by molar-refractivity contribution is 5.16. The number of imidazole rings is 1. The fourth-order valence-electron chi connectivity index (χ4n) is 2.46. The number of aromatic nitrogens is 2. The van der Waals surface area contributed by atoms with E-state index in [0.29, 0.717) is 18.4 Å². The van der Waals surface area contributed by atoms with E-state index in [2.05, 4.69) is 23.4 Å². The highest BCUT2D eigenvalue weighted by Crippen LogP contribution is 2.23. The minimum absolute atomic E-state index is 0.194. The number of benzene rings is 1. The molecule has 20 heavy (non-hydrogen) atoms. The van der Waals surface area contributed by atoms with Crippen molar-refractivity contribution in [3.05, 3.63) is 53.9 Å². The maximum absolute atomic E-state index is 12.9. The number of rotatable bonds is 6. The van der Waals surface area contributed by atoms with E-state index in [4.69, 9.17) is 5.73 Å². The summed E-state index contributed by atoms with van der Waals surface area (Å²) >= 11 is 0. The molecule has 0 fully saturated rings. The maximum atomic E-state index is 12.9. The van der Waals surface area contributed by atoms with Gasteiger partial charge in [-0.1, -0.05) is 26.0 Å². The summed E-state index contributed by atoms with van der Waals surface area (Å²) in [5.41, 5.74) is 8.18. The highest BCUT2D eigenvalue weighted by Gasteiger charge is 2.17. The zero-order valence-corrected chi connectivity index (χ0v) is 12.1. The molecule has 2 rings (SSSR count). The van der Waals surface area contributed by atoms with Crippen LogP contribution in [0.25, 0.3) is 0 Å². The Balaban J connectivity index is 2.07. The largest absolute Gasteiger partial charge is 0.334 e. The van der Waals surface area contributed by atoms with E-state index in [-0.39, 0.29) is 5.82 Å². The summed E-state index contributed by atoms with van der Waals surface area (Å²) in [6, 6.07) is 6.66. The smallest absolute Gasteiger partial charge is 0.123 e. The van der Waals surface area contributed by atoms with Gasteiger partial charge in [0.2, 0.25) is 0 Å². The molecule has 0 amide bonds. The van der Waals surface area contributed by atoms with Gasteiger partial charge in [-0.25, -0.2) is 9.37 Å². The van der Waals surface area contributed by atoms with Crippen LogP contribution in [0.4, 0.5) is 4.39 Å². The van der Waals surface area contributed by atoms with E-state index in [9.17, 15) is 4.39 Å². The van der Waals surface area contributed by atoms with Crippen molar-refractivity contribution in [2.24, 2.45) is 11.7 Å². The van der Waals surface area contributed by atoms with Crippen LogP contribution in [0.3, 0.4) is 0 Å². The molecule has 0 aliphatic carbocycles. The molecule has 0 spiro atoms. The first-order valence-electron chi connectivity index (χ1n) is 7.06. The van der Waals surface area contributed by atoms with E-state index in [1.165, 1.54) is 17.8 Å². The van der Waals surface area contributed by atoms with Crippen molar-refractivity contribution in [1.82, 2.24) is 9.55 Å². The molecule has 0 saturated carbocycles. The first-order chi connectivity index (χ1) is 9.61. The zero-order valence-electron chi connectivity index (χ0n) is 12.1. The molecule has 0 radical (unpaired) electrons. The topological polar surface area (TPSA) is 43.8 Å². The first-order valence-corrected chi connectivity index (χ1v) is 7.06. The highest BCUT2D eigenvalue weighted by atomic mass is 19.1.